The van der Waals surface area contributed by atoms with Crippen molar-refractivity contribution in [3.63, 3.8) is 0 Å². The first-order valence-electron chi connectivity index (χ1n) is 31.5. The first kappa shape index (κ1) is 71.8. The molecule has 0 aliphatic carbocycles. The van der Waals surface area contributed by atoms with Gasteiger partial charge < -0.3 is 14.2 Å². The maximum Gasteiger partial charge on any atom is 0.306 e. The largest absolute Gasteiger partial charge is 0.462 e. The monoisotopic (exact) mass is 1050 g/mol. The van der Waals surface area contributed by atoms with E-state index >= 15 is 0 Å². The van der Waals surface area contributed by atoms with Gasteiger partial charge in [-0.05, 0) is 116 Å². The Morgan fingerprint density at radius 2 is 0.513 bits per heavy atom. The van der Waals surface area contributed by atoms with Crippen LogP contribution in [0.25, 0.3) is 0 Å². The quantitative estimate of drug-likeness (QED) is 0.0261. The Morgan fingerprint density at radius 3 is 0.816 bits per heavy atom. The van der Waals surface area contributed by atoms with Crippen molar-refractivity contribution in [2.45, 2.75) is 290 Å². The van der Waals surface area contributed by atoms with Crippen LogP contribution in [0.1, 0.15) is 284 Å². The molecular formula is C70H116O6. The summed E-state index contributed by atoms with van der Waals surface area (Å²) in [6, 6.07) is 0. The van der Waals surface area contributed by atoms with Crippen molar-refractivity contribution in [3.8, 4) is 0 Å². The molecule has 0 radical (unpaired) electrons. The molecule has 0 saturated heterocycles. The number of hydrogen-bond donors (Lipinski definition) is 0. The summed E-state index contributed by atoms with van der Waals surface area (Å²) < 4.78 is 16.8. The van der Waals surface area contributed by atoms with E-state index in [-0.39, 0.29) is 37.5 Å². The van der Waals surface area contributed by atoms with Gasteiger partial charge in [0.15, 0.2) is 6.10 Å². The van der Waals surface area contributed by atoms with E-state index < -0.39 is 6.10 Å². The van der Waals surface area contributed by atoms with E-state index in [1.54, 1.807) is 0 Å². The summed E-state index contributed by atoms with van der Waals surface area (Å²) in [6.07, 6.45) is 88.1. The Hall–Kier alpha value is -4.19. The van der Waals surface area contributed by atoms with Gasteiger partial charge in [-0.1, -0.05) is 271 Å². The molecule has 1 unspecified atom stereocenters. The second kappa shape index (κ2) is 63.3. The molecule has 0 rings (SSSR count). The number of esters is 3. The lowest BCUT2D eigenvalue weighted by Crippen LogP contribution is -2.30. The van der Waals surface area contributed by atoms with E-state index in [1.807, 2.05) is 0 Å². The van der Waals surface area contributed by atoms with E-state index in [2.05, 4.69) is 142 Å². The molecule has 6 nitrogen and oxygen atoms in total. The lowest BCUT2D eigenvalue weighted by atomic mass is 10.0. The van der Waals surface area contributed by atoms with Gasteiger partial charge in [0.05, 0.1) is 0 Å². The molecule has 0 aliphatic heterocycles. The van der Waals surface area contributed by atoms with Crippen LogP contribution >= 0.6 is 0 Å². The lowest BCUT2D eigenvalue weighted by Gasteiger charge is -2.18. The maximum atomic E-state index is 12.8. The zero-order valence-corrected chi connectivity index (χ0v) is 49.5. The van der Waals surface area contributed by atoms with Crippen LogP contribution in [0.3, 0.4) is 0 Å². The van der Waals surface area contributed by atoms with Gasteiger partial charge >= 0.3 is 17.9 Å². The van der Waals surface area contributed by atoms with Crippen LogP contribution < -0.4 is 0 Å². The minimum absolute atomic E-state index is 0.0941. The summed E-state index contributed by atoms with van der Waals surface area (Å²) in [6.45, 7) is 6.43. The molecule has 432 valence electrons. The van der Waals surface area contributed by atoms with E-state index in [1.165, 1.54) is 122 Å². The van der Waals surface area contributed by atoms with Crippen LogP contribution in [-0.2, 0) is 28.6 Å². The molecule has 0 fully saturated rings. The minimum Gasteiger partial charge on any atom is -0.462 e. The molecule has 0 saturated carbocycles. The first-order valence-corrected chi connectivity index (χ1v) is 31.5. The summed E-state index contributed by atoms with van der Waals surface area (Å²) in [5.41, 5.74) is 0. The number of carbonyl (C=O) groups excluding carboxylic acids is 3. The number of allylic oxidation sites excluding steroid dienone is 20. The first-order chi connectivity index (χ1) is 37.5. The third kappa shape index (κ3) is 60.7. The molecule has 0 bridgehead atoms. The SMILES string of the molecule is CC/C=C\C/C=C\C/C=C\C/C=C\C/C=C\C/C=C\C/C=C\CCCCCC(=O)OC(COC(=O)CCCCCCCC)COC(=O)CCCCCCCCCCCCCC/C=C\C/C=C\C/C=C\CCCCCCC. The normalized spacial score (nSPS) is 12.9. The van der Waals surface area contributed by atoms with Gasteiger partial charge in [-0.2, -0.15) is 0 Å². The Labute approximate surface area is 469 Å². The minimum atomic E-state index is -0.797. The average Bonchev–Trinajstić information content (AvgIpc) is 3.42. The zero-order chi connectivity index (χ0) is 55.0. The fourth-order valence-corrected chi connectivity index (χ4v) is 8.49. The standard InChI is InChI=1S/C70H116O6/c1-4-7-10-13-16-18-20-22-24-26-28-30-32-34-35-37-38-40-42-44-46-48-50-52-54-57-60-63-69(72)75-66-67(65-74-68(71)62-59-56-15-12-9-6-3)76-70(73)64-61-58-55-53-51-49-47-45-43-41-39-36-33-31-29-27-25-23-21-19-17-14-11-8-5-2/h8,11,17,19-20,22-23,25-26,28-29,31-32,34,36,39,43,45,49,51,67H,4-7,9-10,12-16,18,21,24,27,30,33,35,37-38,40-42,44,46-48,50,52-66H2,1-3H3/b11-8-,19-17-,22-20-,25-23-,28-26-,31-29-,34-32-,39-36-,45-43-,51-49-. The fourth-order valence-electron chi connectivity index (χ4n) is 8.49. The summed E-state index contributed by atoms with van der Waals surface area (Å²) in [5.74, 6) is -0.937. The Balaban J connectivity index is 4.19. The molecule has 0 amide bonds. The van der Waals surface area contributed by atoms with Crippen LogP contribution in [0.5, 0.6) is 0 Å². The summed E-state index contributed by atoms with van der Waals surface area (Å²) in [4.78, 5) is 38.0. The van der Waals surface area contributed by atoms with E-state index in [9.17, 15) is 14.4 Å². The van der Waals surface area contributed by atoms with Gasteiger partial charge in [0, 0.05) is 19.3 Å². The van der Waals surface area contributed by atoms with E-state index in [0.717, 1.165) is 122 Å². The second-order valence-electron chi connectivity index (χ2n) is 20.6. The van der Waals surface area contributed by atoms with Crippen LogP contribution in [-0.4, -0.2) is 37.2 Å². The molecule has 0 heterocycles. The van der Waals surface area contributed by atoms with E-state index in [0.29, 0.717) is 12.8 Å². The Morgan fingerprint density at radius 1 is 0.276 bits per heavy atom. The molecule has 0 aromatic carbocycles. The number of carbonyl (C=O) groups is 3. The van der Waals surface area contributed by atoms with Gasteiger partial charge in [-0.15, -0.1) is 0 Å². The summed E-state index contributed by atoms with van der Waals surface area (Å²) in [5, 5.41) is 0. The maximum absolute atomic E-state index is 12.8. The Bertz CT molecular complexity index is 1590. The van der Waals surface area contributed by atoms with Gasteiger partial charge in [-0.25, -0.2) is 0 Å². The average molecular weight is 1050 g/mol. The highest BCUT2D eigenvalue weighted by Gasteiger charge is 2.19. The van der Waals surface area contributed by atoms with Gasteiger partial charge in [0.2, 0.25) is 0 Å². The van der Waals surface area contributed by atoms with Crippen molar-refractivity contribution in [1.82, 2.24) is 0 Å². The molecular weight excluding hydrogens is 937 g/mol. The number of ether oxygens (including phenoxy) is 3. The lowest BCUT2D eigenvalue weighted by molar-refractivity contribution is -0.167. The van der Waals surface area contributed by atoms with Crippen molar-refractivity contribution in [1.29, 1.82) is 0 Å². The molecule has 0 N–H and O–H groups in total. The van der Waals surface area contributed by atoms with Crippen LogP contribution in [0.2, 0.25) is 0 Å². The van der Waals surface area contributed by atoms with Gasteiger partial charge in [0.25, 0.3) is 0 Å². The fraction of sp³-hybridized carbons (Fsp3) is 0.671. The molecule has 0 aromatic rings. The third-order valence-electron chi connectivity index (χ3n) is 13.2. The van der Waals surface area contributed by atoms with Crippen molar-refractivity contribution in [3.05, 3.63) is 122 Å². The smallest absolute Gasteiger partial charge is 0.306 e. The number of rotatable bonds is 56. The highest BCUT2D eigenvalue weighted by molar-refractivity contribution is 5.71. The molecule has 76 heavy (non-hydrogen) atoms. The molecule has 0 aliphatic rings. The predicted molar refractivity (Wildman–Crippen MR) is 330 cm³/mol. The predicted octanol–water partition coefficient (Wildman–Crippen LogP) is 21.6. The van der Waals surface area contributed by atoms with Crippen molar-refractivity contribution in [2.75, 3.05) is 13.2 Å². The number of unbranched alkanes of at least 4 members (excludes halogenated alkanes) is 25. The third-order valence-corrected chi connectivity index (χ3v) is 13.2. The summed E-state index contributed by atoms with van der Waals surface area (Å²) >= 11 is 0. The van der Waals surface area contributed by atoms with Crippen molar-refractivity contribution in [2.24, 2.45) is 0 Å². The van der Waals surface area contributed by atoms with Gasteiger partial charge in [-0.3, -0.25) is 14.4 Å². The van der Waals surface area contributed by atoms with E-state index in [4.69, 9.17) is 14.2 Å². The van der Waals surface area contributed by atoms with Crippen LogP contribution in [0.4, 0.5) is 0 Å². The van der Waals surface area contributed by atoms with Gasteiger partial charge in [0.1, 0.15) is 13.2 Å². The highest BCUT2D eigenvalue weighted by atomic mass is 16.6. The van der Waals surface area contributed by atoms with Crippen LogP contribution in [0, 0.1) is 0 Å². The molecule has 1 atom stereocenters. The summed E-state index contributed by atoms with van der Waals surface area (Å²) in [7, 11) is 0. The van der Waals surface area contributed by atoms with Crippen molar-refractivity contribution >= 4 is 17.9 Å². The molecule has 6 heteroatoms. The Kier molecular flexibility index (Phi) is 59.9. The highest BCUT2D eigenvalue weighted by Crippen LogP contribution is 2.15. The topological polar surface area (TPSA) is 78.9 Å². The molecule has 0 spiro atoms. The molecule has 0 aromatic heterocycles. The van der Waals surface area contributed by atoms with Crippen molar-refractivity contribution < 1.29 is 28.6 Å². The second-order valence-corrected chi connectivity index (χ2v) is 20.6. The number of hydrogen-bond acceptors (Lipinski definition) is 6. The van der Waals surface area contributed by atoms with Crippen LogP contribution in [0.15, 0.2) is 122 Å². The zero-order valence-electron chi connectivity index (χ0n) is 49.5.